The molecule has 1 heterocycles. The molecule has 1 aromatic carbocycles. The smallest absolute Gasteiger partial charge is 0.344 e. The average molecular weight is 423 g/mol. The lowest BCUT2D eigenvalue weighted by molar-refractivity contribution is -0.154. The Balaban J connectivity index is 1.46. The molecular formula is C20H25NO7S. The van der Waals surface area contributed by atoms with Crippen molar-refractivity contribution in [3.63, 3.8) is 0 Å². The second kappa shape index (κ2) is 8.94. The minimum atomic E-state index is -3.10. The first kappa shape index (κ1) is 21.3. The van der Waals surface area contributed by atoms with Gasteiger partial charge in [0.05, 0.1) is 11.5 Å². The van der Waals surface area contributed by atoms with Crippen LogP contribution in [0.3, 0.4) is 0 Å². The van der Waals surface area contributed by atoms with Crippen LogP contribution in [0.4, 0.5) is 0 Å². The fraction of sp³-hybridized carbons (Fsp3) is 0.550. The summed E-state index contributed by atoms with van der Waals surface area (Å²) in [5.74, 6) is -0.568. The number of hydrogen-bond acceptors (Lipinski definition) is 7. The van der Waals surface area contributed by atoms with Crippen LogP contribution in [0.2, 0.25) is 0 Å². The molecule has 1 aromatic rings. The first-order chi connectivity index (χ1) is 13.8. The van der Waals surface area contributed by atoms with Gasteiger partial charge in [0.25, 0.3) is 5.91 Å². The topological polar surface area (TPSA) is 107 Å². The predicted octanol–water partition coefficient (Wildman–Crippen LogP) is 1.38. The van der Waals surface area contributed by atoms with Crippen LogP contribution in [0.5, 0.6) is 5.75 Å². The minimum absolute atomic E-state index is 0.0183. The van der Waals surface area contributed by atoms with Crippen LogP contribution < -0.4 is 4.74 Å². The quantitative estimate of drug-likeness (QED) is 0.436. The van der Waals surface area contributed by atoms with Gasteiger partial charge in [-0.05, 0) is 43.5 Å². The maximum Gasteiger partial charge on any atom is 0.344 e. The highest BCUT2D eigenvalue weighted by Crippen LogP contribution is 2.32. The monoisotopic (exact) mass is 423 g/mol. The van der Waals surface area contributed by atoms with Gasteiger partial charge >= 0.3 is 5.97 Å². The third-order valence-corrected chi connectivity index (χ3v) is 6.79. The van der Waals surface area contributed by atoms with Crippen molar-refractivity contribution in [1.29, 1.82) is 0 Å². The number of amides is 1. The normalized spacial score (nSPS) is 20.1. The van der Waals surface area contributed by atoms with Crippen molar-refractivity contribution in [3.8, 4) is 5.75 Å². The summed E-state index contributed by atoms with van der Waals surface area (Å²) in [6, 6.07) is 6.14. The Morgan fingerprint density at radius 3 is 2.28 bits per heavy atom. The second-order valence-electron chi connectivity index (χ2n) is 7.34. The van der Waals surface area contributed by atoms with Crippen molar-refractivity contribution in [2.75, 3.05) is 24.7 Å². The van der Waals surface area contributed by atoms with Crippen LogP contribution in [0.1, 0.15) is 43.0 Å². The van der Waals surface area contributed by atoms with Crippen LogP contribution in [0.15, 0.2) is 24.3 Å². The third-order valence-electron chi connectivity index (χ3n) is 5.04. The van der Waals surface area contributed by atoms with Crippen molar-refractivity contribution >= 4 is 27.5 Å². The fourth-order valence-electron chi connectivity index (χ4n) is 3.39. The van der Waals surface area contributed by atoms with Gasteiger partial charge in [-0.2, -0.15) is 0 Å². The molecule has 158 valence electrons. The third kappa shape index (κ3) is 5.79. The summed E-state index contributed by atoms with van der Waals surface area (Å²) in [5.41, 5.74) is 0.571. The molecule has 29 heavy (non-hydrogen) atoms. The number of carbonyl (C=O) groups excluding carboxylic acids is 3. The van der Waals surface area contributed by atoms with Crippen LogP contribution in [0.25, 0.3) is 0 Å². The molecule has 8 nitrogen and oxygen atoms in total. The van der Waals surface area contributed by atoms with E-state index in [1.165, 1.54) is 0 Å². The van der Waals surface area contributed by atoms with E-state index in [0.29, 0.717) is 24.2 Å². The first-order valence-electron chi connectivity index (χ1n) is 9.72. The lowest BCUT2D eigenvalue weighted by Gasteiger charge is -2.28. The fourth-order valence-corrected chi connectivity index (χ4v) is 5.11. The zero-order valence-electron chi connectivity index (χ0n) is 16.3. The van der Waals surface area contributed by atoms with Crippen LogP contribution in [0, 0.1) is 0 Å². The summed E-state index contributed by atoms with van der Waals surface area (Å²) >= 11 is 0. The Morgan fingerprint density at radius 1 is 1.03 bits per heavy atom. The summed E-state index contributed by atoms with van der Waals surface area (Å²) in [6.45, 7) is 0.981. The molecule has 1 atom stereocenters. The molecule has 1 amide bonds. The summed E-state index contributed by atoms with van der Waals surface area (Å²) < 4.78 is 33.8. The number of benzene rings is 1. The minimum Gasteiger partial charge on any atom is -0.482 e. The molecule has 1 saturated carbocycles. The van der Waals surface area contributed by atoms with Crippen LogP contribution in [-0.2, 0) is 24.2 Å². The Kier molecular flexibility index (Phi) is 6.56. The Morgan fingerprint density at radius 2 is 1.72 bits per heavy atom. The molecule has 2 fully saturated rings. The second-order valence-corrected chi connectivity index (χ2v) is 9.57. The van der Waals surface area contributed by atoms with Crippen molar-refractivity contribution in [2.45, 2.75) is 44.7 Å². The van der Waals surface area contributed by atoms with Gasteiger partial charge in [0, 0.05) is 24.1 Å². The van der Waals surface area contributed by atoms with E-state index in [0.717, 1.165) is 12.8 Å². The molecule has 0 unspecified atom stereocenters. The molecule has 0 radical (unpaired) electrons. The van der Waals surface area contributed by atoms with E-state index in [4.69, 9.17) is 9.47 Å². The molecule has 0 bridgehead atoms. The van der Waals surface area contributed by atoms with Crippen LogP contribution >= 0.6 is 0 Å². The van der Waals surface area contributed by atoms with E-state index in [9.17, 15) is 22.8 Å². The standard InChI is InChI=1S/C20H25NO7S/c1-2-18(22)14-3-7-17(8-4-14)27-12-20(24)28-11-19(23)21(15-5-6-15)16-9-10-29(25,26)13-16/h3-4,7-8,15-16H,2,5-6,9-13H2,1H3/t16-/m1/s1. The van der Waals surface area contributed by atoms with E-state index in [2.05, 4.69) is 0 Å². The van der Waals surface area contributed by atoms with E-state index >= 15 is 0 Å². The van der Waals surface area contributed by atoms with Gasteiger partial charge in [-0.15, -0.1) is 0 Å². The lowest BCUT2D eigenvalue weighted by Crippen LogP contribution is -2.45. The van der Waals surface area contributed by atoms with E-state index in [1.807, 2.05) is 0 Å². The highest BCUT2D eigenvalue weighted by atomic mass is 32.2. The van der Waals surface area contributed by atoms with Crippen molar-refractivity contribution in [2.24, 2.45) is 0 Å². The number of carbonyl (C=O) groups is 3. The number of nitrogens with zero attached hydrogens (tertiary/aromatic N) is 1. The van der Waals surface area contributed by atoms with Crippen molar-refractivity contribution < 1.29 is 32.3 Å². The van der Waals surface area contributed by atoms with E-state index in [1.54, 1.807) is 36.1 Å². The van der Waals surface area contributed by atoms with Gasteiger partial charge in [0.2, 0.25) is 0 Å². The Hall–Kier alpha value is -2.42. The number of esters is 1. The molecule has 3 rings (SSSR count). The number of Topliss-reactive ketones (excluding diaryl/α,β-unsaturated/α-hetero) is 1. The number of sulfone groups is 1. The molecule has 2 aliphatic rings. The maximum atomic E-state index is 12.5. The predicted molar refractivity (Wildman–Crippen MR) is 104 cm³/mol. The van der Waals surface area contributed by atoms with Crippen LogP contribution in [-0.4, -0.2) is 67.8 Å². The van der Waals surface area contributed by atoms with E-state index < -0.39 is 22.4 Å². The highest BCUT2D eigenvalue weighted by molar-refractivity contribution is 7.91. The highest BCUT2D eigenvalue weighted by Gasteiger charge is 2.42. The van der Waals surface area contributed by atoms with E-state index in [-0.39, 0.29) is 41.9 Å². The first-order valence-corrected chi connectivity index (χ1v) is 11.5. The Labute approximate surface area is 170 Å². The zero-order valence-corrected chi connectivity index (χ0v) is 17.2. The molecule has 1 aliphatic heterocycles. The number of rotatable bonds is 9. The number of hydrogen-bond donors (Lipinski definition) is 0. The largest absolute Gasteiger partial charge is 0.482 e. The number of ether oxygens (including phenoxy) is 2. The Bertz CT molecular complexity index is 875. The summed E-state index contributed by atoms with van der Waals surface area (Å²) in [7, 11) is -3.10. The maximum absolute atomic E-state index is 12.5. The summed E-state index contributed by atoms with van der Waals surface area (Å²) in [5, 5.41) is 0. The zero-order chi connectivity index (χ0) is 21.0. The summed E-state index contributed by atoms with van der Waals surface area (Å²) in [4.78, 5) is 37.6. The van der Waals surface area contributed by atoms with Gasteiger partial charge in [-0.1, -0.05) is 6.92 Å². The molecule has 9 heteroatoms. The van der Waals surface area contributed by atoms with Crippen molar-refractivity contribution in [3.05, 3.63) is 29.8 Å². The van der Waals surface area contributed by atoms with Gasteiger partial charge in [0.1, 0.15) is 5.75 Å². The van der Waals surface area contributed by atoms with Gasteiger partial charge < -0.3 is 14.4 Å². The van der Waals surface area contributed by atoms with Crippen molar-refractivity contribution in [1.82, 2.24) is 4.90 Å². The van der Waals surface area contributed by atoms with Gasteiger partial charge in [-0.25, -0.2) is 13.2 Å². The summed E-state index contributed by atoms with van der Waals surface area (Å²) in [6.07, 6.45) is 2.52. The molecule has 0 N–H and O–H groups in total. The van der Waals surface area contributed by atoms with Gasteiger partial charge in [0.15, 0.2) is 28.8 Å². The molecular weight excluding hydrogens is 398 g/mol. The molecule has 1 saturated heterocycles. The molecule has 1 aliphatic carbocycles. The number of ketones is 1. The SMILES string of the molecule is CCC(=O)c1ccc(OCC(=O)OCC(=O)N(C2CC2)[C@@H]2CCS(=O)(=O)C2)cc1. The average Bonchev–Trinajstić information content (AvgIpc) is 3.47. The lowest BCUT2D eigenvalue weighted by atomic mass is 10.1. The van der Waals surface area contributed by atoms with Gasteiger partial charge in [-0.3, -0.25) is 9.59 Å². The molecule has 0 spiro atoms. The molecule has 0 aromatic heterocycles.